The largest absolute Gasteiger partial charge is 0.380 e. The Balaban J connectivity index is 3.33. The van der Waals surface area contributed by atoms with Crippen molar-refractivity contribution in [1.82, 2.24) is 5.32 Å². The number of hydrogen-bond donors (Lipinski definition) is 1. The predicted molar refractivity (Wildman–Crippen MR) is 58.1 cm³/mol. The Morgan fingerprint density at radius 3 is 2.15 bits per heavy atom. The summed E-state index contributed by atoms with van der Waals surface area (Å²) in [5, 5.41) is 3.53. The molecular weight excluding hydrogens is 162 g/mol. The van der Waals surface area contributed by atoms with Crippen LogP contribution in [0.15, 0.2) is 0 Å². The molecule has 0 aromatic carbocycles. The van der Waals surface area contributed by atoms with Gasteiger partial charge >= 0.3 is 0 Å². The third-order valence-corrected chi connectivity index (χ3v) is 2.16. The molecule has 0 aliphatic carbocycles. The third-order valence-electron chi connectivity index (χ3n) is 2.16. The molecule has 0 saturated carbocycles. The van der Waals surface area contributed by atoms with Crippen LogP contribution in [-0.2, 0) is 4.74 Å². The summed E-state index contributed by atoms with van der Waals surface area (Å²) in [6, 6.07) is 0.704. The monoisotopic (exact) mass is 187 g/mol. The Morgan fingerprint density at radius 1 is 1.08 bits per heavy atom. The second kappa shape index (κ2) is 10.0. The quantitative estimate of drug-likeness (QED) is 0.560. The van der Waals surface area contributed by atoms with Gasteiger partial charge in [-0.2, -0.15) is 0 Å². The fraction of sp³-hybridized carbons (Fsp3) is 1.00. The van der Waals surface area contributed by atoms with Crippen molar-refractivity contribution < 1.29 is 4.74 Å². The molecule has 0 aromatic rings. The molecular formula is C11H25NO. The van der Waals surface area contributed by atoms with Crippen LogP contribution in [0.1, 0.15) is 46.5 Å². The summed E-state index contributed by atoms with van der Waals surface area (Å²) in [4.78, 5) is 0. The van der Waals surface area contributed by atoms with E-state index < -0.39 is 0 Å². The minimum absolute atomic E-state index is 0.704. The van der Waals surface area contributed by atoms with E-state index >= 15 is 0 Å². The summed E-state index contributed by atoms with van der Waals surface area (Å²) in [5.41, 5.74) is 0. The van der Waals surface area contributed by atoms with Gasteiger partial charge in [0.15, 0.2) is 0 Å². The molecule has 0 amide bonds. The van der Waals surface area contributed by atoms with Crippen molar-refractivity contribution in [3.05, 3.63) is 0 Å². The van der Waals surface area contributed by atoms with Crippen LogP contribution in [0.2, 0.25) is 0 Å². The lowest BCUT2D eigenvalue weighted by atomic mass is 10.1. The highest BCUT2D eigenvalue weighted by Gasteiger charge is 2.04. The van der Waals surface area contributed by atoms with Crippen LogP contribution in [0, 0.1) is 0 Å². The maximum Gasteiger partial charge on any atom is 0.0590 e. The van der Waals surface area contributed by atoms with Gasteiger partial charge < -0.3 is 10.1 Å². The van der Waals surface area contributed by atoms with Crippen molar-refractivity contribution in [1.29, 1.82) is 0 Å². The molecule has 0 unspecified atom stereocenters. The Labute approximate surface area is 83.1 Å². The summed E-state index contributed by atoms with van der Waals surface area (Å²) >= 11 is 0. The van der Waals surface area contributed by atoms with Gasteiger partial charge in [-0.25, -0.2) is 0 Å². The number of nitrogens with one attached hydrogen (secondary N) is 1. The van der Waals surface area contributed by atoms with E-state index in [2.05, 4.69) is 19.2 Å². The molecule has 0 aromatic heterocycles. The van der Waals surface area contributed by atoms with Crippen LogP contribution >= 0.6 is 0 Å². The van der Waals surface area contributed by atoms with Gasteiger partial charge in [0.1, 0.15) is 0 Å². The van der Waals surface area contributed by atoms with Gasteiger partial charge in [-0.05, 0) is 19.8 Å². The summed E-state index contributed by atoms with van der Waals surface area (Å²) in [7, 11) is 0. The second-order valence-electron chi connectivity index (χ2n) is 3.43. The fourth-order valence-electron chi connectivity index (χ4n) is 1.52. The summed E-state index contributed by atoms with van der Waals surface area (Å²) in [6.07, 6.45) is 5.12. The molecule has 0 aliphatic heterocycles. The Hall–Kier alpha value is -0.0800. The van der Waals surface area contributed by atoms with Gasteiger partial charge in [0.05, 0.1) is 6.61 Å². The maximum atomic E-state index is 5.28. The molecule has 2 nitrogen and oxygen atoms in total. The van der Waals surface area contributed by atoms with Gasteiger partial charge in [-0.1, -0.05) is 26.7 Å². The highest BCUT2D eigenvalue weighted by Crippen LogP contribution is 2.03. The van der Waals surface area contributed by atoms with Crippen molar-refractivity contribution in [2.45, 2.75) is 52.5 Å². The first kappa shape index (κ1) is 12.9. The number of ether oxygens (including phenoxy) is 1. The van der Waals surface area contributed by atoms with Crippen molar-refractivity contribution in [3.8, 4) is 0 Å². The molecule has 0 saturated heterocycles. The van der Waals surface area contributed by atoms with Crippen LogP contribution in [0.25, 0.3) is 0 Å². The number of rotatable bonds is 9. The van der Waals surface area contributed by atoms with E-state index in [1.165, 1.54) is 25.7 Å². The van der Waals surface area contributed by atoms with Gasteiger partial charge in [0, 0.05) is 19.2 Å². The molecule has 0 bridgehead atoms. The van der Waals surface area contributed by atoms with E-state index in [0.717, 1.165) is 19.8 Å². The average Bonchev–Trinajstić information content (AvgIpc) is 2.13. The number of hydrogen-bond acceptors (Lipinski definition) is 2. The SMILES string of the molecule is CCCC(CCC)NCCOCC. The lowest BCUT2D eigenvalue weighted by Gasteiger charge is -2.16. The van der Waals surface area contributed by atoms with Crippen molar-refractivity contribution in [2.75, 3.05) is 19.8 Å². The zero-order valence-electron chi connectivity index (χ0n) is 9.44. The first-order chi connectivity index (χ1) is 6.35. The van der Waals surface area contributed by atoms with Gasteiger partial charge in [0.25, 0.3) is 0 Å². The topological polar surface area (TPSA) is 21.3 Å². The highest BCUT2D eigenvalue weighted by atomic mass is 16.5. The Bertz CT molecular complexity index is 90.1. The average molecular weight is 187 g/mol. The predicted octanol–water partition coefficient (Wildman–Crippen LogP) is 2.58. The van der Waals surface area contributed by atoms with Gasteiger partial charge in [0.2, 0.25) is 0 Å². The molecule has 0 aliphatic rings. The van der Waals surface area contributed by atoms with E-state index in [9.17, 15) is 0 Å². The van der Waals surface area contributed by atoms with Crippen LogP contribution < -0.4 is 5.32 Å². The lowest BCUT2D eigenvalue weighted by Crippen LogP contribution is -2.31. The lowest BCUT2D eigenvalue weighted by molar-refractivity contribution is 0.146. The zero-order chi connectivity index (χ0) is 9.94. The normalized spacial score (nSPS) is 11.1. The first-order valence-electron chi connectivity index (χ1n) is 5.66. The van der Waals surface area contributed by atoms with E-state index in [-0.39, 0.29) is 0 Å². The minimum atomic E-state index is 0.704. The first-order valence-corrected chi connectivity index (χ1v) is 5.66. The Kier molecular flexibility index (Phi) is 9.94. The molecule has 0 fully saturated rings. The maximum absolute atomic E-state index is 5.28. The highest BCUT2D eigenvalue weighted by molar-refractivity contribution is 4.64. The molecule has 13 heavy (non-hydrogen) atoms. The second-order valence-corrected chi connectivity index (χ2v) is 3.43. The molecule has 2 heteroatoms. The summed E-state index contributed by atoms with van der Waals surface area (Å²) in [6.45, 7) is 9.20. The van der Waals surface area contributed by atoms with Gasteiger partial charge in [-0.3, -0.25) is 0 Å². The summed E-state index contributed by atoms with van der Waals surface area (Å²) in [5.74, 6) is 0. The molecule has 0 heterocycles. The summed E-state index contributed by atoms with van der Waals surface area (Å²) < 4.78 is 5.28. The van der Waals surface area contributed by atoms with Crippen molar-refractivity contribution in [3.63, 3.8) is 0 Å². The molecule has 80 valence electrons. The zero-order valence-corrected chi connectivity index (χ0v) is 9.44. The van der Waals surface area contributed by atoms with E-state index in [1.54, 1.807) is 0 Å². The molecule has 1 N–H and O–H groups in total. The molecule has 0 atom stereocenters. The standard InChI is InChI=1S/C11H25NO/c1-4-7-11(8-5-2)12-9-10-13-6-3/h11-12H,4-10H2,1-3H3. The van der Waals surface area contributed by atoms with Gasteiger partial charge in [-0.15, -0.1) is 0 Å². The van der Waals surface area contributed by atoms with E-state index in [1.807, 2.05) is 6.92 Å². The molecule has 0 rings (SSSR count). The van der Waals surface area contributed by atoms with Crippen LogP contribution in [0.3, 0.4) is 0 Å². The Morgan fingerprint density at radius 2 is 1.69 bits per heavy atom. The van der Waals surface area contributed by atoms with E-state index in [4.69, 9.17) is 4.74 Å². The van der Waals surface area contributed by atoms with Crippen LogP contribution in [-0.4, -0.2) is 25.8 Å². The minimum Gasteiger partial charge on any atom is -0.380 e. The van der Waals surface area contributed by atoms with Crippen molar-refractivity contribution >= 4 is 0 Å². The van der Waals surface area contributed by atoms with Crippen molar-refractivity contribution in [2.24, 2.45) is 0 Å². The smallest absolute Gasteiger partial charge is 0.0590 e. The third kappa shape index (κ3) is 8.26. The van der Waals surface area contributed by atoms with Crippen LogP contribution in [0.4, 0.5) is 0 Å². The molecule has 0 radical (unpaired) electrons. The fourth-order valence-corrected chi connectivity index (χ4v) is 1.52. The van der Waals surface area contributed by atoms with Crippen LogP contribution in [0.5, 0.6) is 0 Å². The van der Waals surface area contributed by atoms with E-state index in [0.29, 0.717) is 6.04 Å². The molecule has 0 spiro atoms.